The first-order chi connectivity index (χ1) is 8.29. The van der Waals surface area contributed by atoms with E-state index in [4.69, 9.17) is 10.6 Å². The number of rotatable bonds is 6. The molecule has 17 heavy (non-hydrogen) atoms. The van der Waals surface area contributed by atoms with E-state index in [9.17, 15) is 4.39 Å². The maximum Gasteiger partial charge on any atom is 0.165 e. The Morgan fingerprint density at radius 3 is 2.76 bits per heavy atom. The highest BCUT2D eigenvalue weighted by Crippen LogP contribution is 2.28. The summed E-state index contributed by atoms with van der Waals surface area (Å²) in [6.07, 6.45) is 4.28. The van der Waals surface area contributed by atoms with Gasteiger partial charge < -0.3 is 9.57 Å². The Morgan fingerprint density at radius 1 is 1.35 bits per heavy atom. The van der Waals surface area contributed by atoms with Crippen LogP contribution in [0.3, 0.4) is 0 Å². The zero-order valence-corrected chi connectivity index (χ0v) is 9.82. The molecule has 0 radical (unpaired) electrons. The van der Waals surface area contributed by atoms with Gasteiger partial charge in [-0.15, -0.1) is 0 Å². The second kappa shape index (κ2) is 5.98. The molecule has 0 amide bonds. The summed E-state index contributed by atoms with van der Waals surface area (Å²) in [5, 5.41) is 0. The van der Waals surface area contributed by atoms with Crippen LogP contribution in [0.4, 0.5) is 4.39 Å². The molecule has 0 saturated heterocycles. The van der Waals surface area contributed by atoms with Gasteiger partial charge >= 0.3 is 0 Å². The van der Waals surface area contributed by atoms with Crippen molar-refractivity contribution in [2.45, 2.75) is 25.7 Å². The molecule has 1 aliphatic rings. The summed E-state index contributed by atoms with van der Waals surface area (Å²) >= 11 is 0. The largest absolute Gasteiger partial charge is 0.490 e. The lowest BCUT2D eigenvalue weighted by atomic mass is 9.86. The summed E-state index contributed by atoms with van der Waals surface area (Å²) in [6, 6.07) is 5.01. The topological polar surface area (TPSA) is 44.5 Å². The van der Waals surface area contributed by atoms with Crippen LogP contribution < -0.4 is 10.6 Å². The standard InChI is InChI=1S/C13H18FNO2/c14-12-8-10(6-7-17-15)4-5-13(12)16-9-11-2-1-3-11/h4-5,8,11H,1-3,6-7,9,15H2. The fraction of sp³-hybridized carbons (Fsp3) is 0.538. The average molecular weight is 239 g/mol. The third-order valence-corrected chi connectivity index (χ3v) is 3.20. The molecule has 0 aromatic heterocycles. The lowest BCUT2D eigenvalue weighted by molar-refractivity contribution is 0.141. The highest BCUT2D eigenvalue weighted by molar-refractivity contribution is 5.29. The van der Waals surface area contributed by atoms with Crippen LogP contribution in [0.2, 0.25) is 0 Å². The Kier molecular flexibility index (Phi) is 4.34. The van der Waals surface area contributed by atoms with E-state index in [-0.39, 0.29) is 5.82 Å². The van der Waals surface area contributed by atoms with E-state index in [1.807, 2.05) is 6.07 Å². The number of halogens is 1. The normalized spacial score (nSPS) is 15.6. The van der Waals surface area contributed by atoms with Gasteiger partial charge in [0.05, 0.1) is 13.2 Å². The Labute approximate surface area is 101 Å². The molecule has 1 saturated carbocycles. The molecule has 1 aromatic carbocycles. The van der Waals surface area contributed by atoms with Crippen molar-refractivity contribution in [3.05, 3.63) is 29.6 Å². The van der Waals surface area contributed by atoms with Crippen molar-refractivity contribution in [1.82, 2.24) is 0 Å². The molecule has 94 valence electrons. The quantitative estimate of drug-likeness (QED) is 0.775. The third kappa shape index (κ3) is 3.41. The number of nitrogens with two attached hydrogens (primary N) is 1. The third-order valence-electron chi connectivity index (χ3n) is 3.20. The van der Waals surface area contributed by atoms with Gasteiger partial charge in [-0.3, -0.25) is 0 Å². The molecule has 1 fully saturated rings. The number of benzene rings is 1. The van der Waals surface area contributed by atoms with Gasteiger partial charge in [-0.1, -0.05) is 12.5 Å². The van der Waals surface area contributed by atoms with E-state index in [0.29, 0.717) is 31.3 Å². The molecule has 0 unspecified atom stereocenters. The second-order valence-electron chi connectivity index (χ2n) is 4.49. The monoisotopic (exact) mass is 239 g/mol. The van der Waals surface area contributed by atoms with E-state index in [0.717, 1.165) is 5.56 Å². The molecule has 2 rings (SSSR count). The number of ether oxygens (including phenoxy) is 1. The highest BCUT2D eigenvalue weighted by atomic mass is 19.1. The first kappa shape index (κ1) is 12.3. The average Bonchev–Trinajstić information content (AvgIpc) is 2.27. The zero-order valence-electron chi connectivity index (χ0n) is 9.82. The Bertz CT molecular complexity index is 366. The Hall–Kier alpha value is -1.13. The fourth-order valence-corrected chi connectivity index (χ4v) is 1.86. The molecular weight excluding hydrogens is 221 g/mol. The van der Waals surface area contributed by atoms with Crippen LogP contribution in [-0.2, 0) is 11.3 Å². The molecular formula is C13H18FNO2. The summed E-state index contributed by atoms with van der Waals surface area (Å²) in [5.74, 6) is 5.57. The molecule has 4 heteroatoms. The van der Waals surface area contributed by atoms with Gasteiger partial charge in [-0.05, 0) is 42.9 Å². The molecule has 0 bridgehead atoms. The predicted octanol–water partition coefficient (Wildman–Crippen LogP) is 2.44. The van der Waals surface area contributed by atoms with Gasteiger partial charge in [0.1, 0.15) is 0 Å². The van der Waals surface area contributed by atoms with E-state index >= 15 is 0 Å². The molecule has 3 nitrogen and oxygen atoms in total. The van der Waals surface area contributed by atoms with E-state index < -0.39 is 0 Å². The predicted molar refractivity (Wildman–Crippen MR) is 63.1 cm³/mol. The molecule has 1 aromatic rings. The maximum absolute atomic E-state index is 13.7. The lowest BCUT2D eigenvalue weighted by Crippen LogP contribution is -2.19. The zero-order chi connectivity index (χ0) is 12.1. The van der Waals surface area contributed by atoms with Crippen molar-refractivity contribution in [1.29, 1.82) is 0 Å². The summed E-state index contributed by atoms with van der Waals surface area (Å²) in [7, 11) is 0. The summed E-state index contributed by atoms with van der Waals surface area (Å²) in [4.78, 5) is 4.46. The van der Waals surface area contributed by atoms with Gasteiger partial charge in [0.2, 0.25) is 0 Å². The maximum atomic E-state index is 13.7. The number of hydrogen-bond donors (Lipinski definition) is 1. The van der Waals surface area contributed by atoms with Crippen molar-refractivity contribution >= 4 is 0 Å². The Balaban J connectivity index is 1.88. The molecule has 2 N–H and O–H groups in total. The summed E-state index contributed by atoms with van der Waals surface area (Å²) in [6.45, 7) is 1.02. The van der Waals surface area contributed by atoms with E-state index in [1.54, 1.807) is 6.07 Å². The Morgan fingerprint density at radius 2 is 2.18 bits per heavy atom. The molecule has 0 spiro atoms. The van der Waals surface area contributed by atoms with Crippen molar-refractivity contribution in [2.24, 2.45) is 11.8 Å². The molecule has 0 atom stereocenters. The summed E-state index contributed by atoms with van der Waals surface area (Å²) in [5.41, 5.74) is 0.865. The van der Waals surface area contributed by atoms with Crippen LogP contribution in [0.15, 0.2) is 18.2 Å². The van der Waals surface area contributed by atoms with Crippen LogP contribution in [0.5, 0.6) is 5.75 Å². The van der Waals surface area contributed by atoms with Crippen LogP contribution in [0, 0.1) is 11.7 Å². The fourth-order valence-electron chi connectivity index (χ4n) is 1.86. The van der Waals surface area contributed by atoms with Gasteiger partial charge in [0, 0.05) is 0 Å². The minimum absolute atomic E-state index is 0.307. The van der Waals surface area contributed by atoms with Crippen LogP contribution in [0.1, 0.15) is 24.8 Å². The van der Waals surface area contributed by atoms with Crippen molar-refractivity contribution in [3.63, 3.8) is 0 Å². The smallest absolute Gasteiger partial charge is 0.165 e. The molecule has 0 heterocycles. The van der Waals surface area contributed by atoms with Crippen LogP contribution in [0.25, 0.3) is 0 Å². The van der Waals surface area contributed by atoms with Crippen molar-refractivity contribution < 1.29 is 14.0 Å². The lowest BCUT2D eigenvalue weighted by Gasteiger charge is -2.25. The van der Waals surface area contributed by atoms with Gasteiger partial charge in [0.25, 0.3) is 0 Å². The minimum Gasteiger partial charge on any atom is -0.490 e. The number of hydrogen-bond acceptors (Lipinski definition) is 3. The van der Waals surface area contributed by atoms with E-state index in [2.05, 4.69) is 4.84 Å². The van der Waals surface area contributed by atoms with E-state index in [1.165, 1.54) is 25.3 Å². The van der Waals surface area contributed by atoms with Crippen molar-refractivity contribution in [3.8, 4) is 5.75 Å². The van der Waals surface area contributed by atoms with Crippen LogP contribution >= 0.6 is 0 Å². The van der Waals surface area contributed by atoms with Crippen LogP contribution in [-0.4, -0.2) is 13.2 Å². The van der Waals surface area contributed by atoms with Gasteiger partial charge in [-0.25, -0.2) is 10.3 Å². The first-order valence-electron chi connectivity index (χ1n) is 6.02. The van der Waals surface area contributed by atoms with Gasteiger partial charge in [-0.2, -0.15) is 0 Å². The second-order valence-corrected chi connectivity index (χ2v) is 4.49. The molecule has 1 aliphatic carbocycles. The summed E-state index contributed by atoms with van der Waals surface area (Å²) < 4.78 is 19.1. The SMILES string of the molecule is NOCCc1ccc(OCC2CCC2)c(F)c1. The first-order valence-corrected chi connectivity index (χ1v) is 6.02. The highest BCUT2D eigenvalue weighted by Gasteiger charge is 2.18. The van der Waals surface area contributed by atoms with Crippen molar-refractivity contribution in [2.75, 3.05) is 13.2 Å². The van der Waals surface area contributed by atoms with Gasteiger partial charge in [0.15, 0.2) is 11.6 Å². The minimum atomic E-state index is -0.307. The molecule has 0 aliphatic heterocycles.